The highest BCUT2D eigenvalue weighted by molar-refractivity contribution is 5.87. The number of rotatable bonds is 9. The first-order valence-corrected chi connectivity index (χ1v) is 6.13. The first-order chi connectivity index (χ1) is 10.1. The summed E-state index contributed by atoms with van der Waals surface area (Å²) in [7, 11) is 1.37. The Bertz CT molecular complexity index is 462. The first-order valence-electron chi connectivity index (χ1n) is 6.13. The number of nitrogens with one attached hydrogen (secondary N) is 1. The second-order valence-electron chi connectivity index (χ2n) is 4.08. The SMILES string of the molecule is COOCOc1ccc(CC(NC(=O)CO)C(N)=O)cc1. The summed E-state index contributed by atoms with van der Waals surface area (Å²) in [6, 6.07) is 5.93. The van der Waals surface area contributed by atoms with E-state index in [-0.39, 0.29) is 13.2 Å². The molecule has 8 nitrogen and oxygen atoms in total. The van der Waals surface area contributed by atoms with Crippen LogP contribution in [0.5, 0.6) is 5.75 Å². The summed E-state index contributed by atoms with van der Waals surface area (Å²) in [4.78, 5) is 31.3. The van der Waals surface area contributed by atoms with Crippen molar-refractivity contribution in [3.63, 3.8) is 0 Å². The summed E-state index contributed by atoms with van der Waals surface area (Å²) < 4.78 is 5.19. The van der Waals surface area contributed by atoms with Crippen LogP contribution in [-0.2, 0) is 25.8 Å². The van der Waals surface area contributed by atoms with E-state index in [1.165, 1.54) is 7.11 Å². The lowest BCUT2D eigenvalue weighted by molar-refractivity contribution is -0.303. The summed E-state index contributed by atoms with van der Waals surface area (Å²) >= 11 is 0. The standard InChI is InChI=1S/C13H18N2O6/c1-19-21-8-20-10-4-2-9(3-5-10)6-11(13(14)18)15-12(17)7-16/h2-5,11,16H,6-8H2,1H3,(H2,14,18)(H,15,17). The number of hydrogen-bond donors (Lipinski definition) is 3. The Morgan fingerprint density at radius 3 is 2.52 bits per heavy atom. The number of aliphatic hydroxyl groups excluding tert-OH is 1. The molecule has 1 aromatic rings. The van der Waals surface area contributed by atoms with E-state index in [0.717, 1.165) is 5.56 Å². The maximum atomic E-state index is 11.3. The van der Waals surface area contributed by atoms with E-state index in [0.29, 0.717) is 5.75 Å². The Morgan fingerprint density at radius 2 is 2.00 bits per heavy atom. The van der Waals surface area contributed by atoms with Gasteiger partial charge in [-0.15, -0.1) is 0 Å². The Morgan fingerprint density at radius 1 is 1.33 bits per heavy atom. The van der Waals surface area contributed by atoms with Crippen LogP contribution in [0.4, 0.5) is 0 Å². The molecule has 0 heterocycles. The van der Waals surface area contributed by atoms with Crippen molar-refractivity contribution in [1.82, 2.24) is 5.32 Å². The summed E-state index contributed by atoms with van der Waals surface area (Å²) in [5.74, 6) is -0.771. The van der Waals surface area contributed by atoms with E-state index >= 15 is 0 Å². The van der Waals surface area contributed by atoms with E-state index in [9.17, 15) is 9.59 Å². The molecule has 0 saturated heterocycles. The van der Waals surface area contributed by atoms with Gasteiger partial charge in [-0.2, -0.15) is 4.89 Å². The zero-order chi connectivity index (χ0) is 15.7. The van der Waals surface area contributed by atoms with Crippen molar-refractivity contribution < 1.29 is 29.2 Å². The van der Waals surface area contributed by atoms with Crippen LogP contribution >= 0.6 is 0 Å². The van der Waals surface area contributed by atoms with Crippen molar-refractivity contribution in [3.05, 3.63) is 29.8 Å². The maximum Gasteiger partial charge on any atom is 0.246 e. The van der Waals surface area contributed by atoms with E-state index in [2.05, 4.69) is 15.1 Å². The second kappa shape index (κ2) is 8.90. The number of carbonyl (C=O) groups is 2. The van der Waals surface area contributed by atoms with Gasteiger partial charge in [0.05, 0.1) is 7.11 Å². The lowest BCUT2D eigenvalue weighted by Gasteiger charge is -2.15. The van der Waals surface area contributed by atoms with Gasteiger partial charge in [-0.1, -0.05) is 12.1 Å². The van der Waals surface area contributed by atoms with Gasteiger partial charge in [0.15, 0.2) is 0 Å². The van der Waals surface area contributed by atoms with Crippen molar-refractivity contribution in [2.75, 3.05) is 20.5 Å². The largest absolute Gasteiger partial charge is 0.465 e. The Labute approximate surface area is 121 Å². The van der Waals surface area contributed by atoms with Gasteiger partial charge in [0, 0.05) is 6.42 Å². The molecule has 0 fully saturated rings. The molecule has 1 atom stereocenters. The van der Waals surface area contributed by atoms with E-state index in [1.807, 2.05) is 0 Å². The number of ether oxygens (including phenoxy) is 1. The molecule has 0 aliphatic carbocycles. The van der Waals surface area contributed by atoms with E-state index in [4.69, 9.17) is 15.6 Å². The molecule has 0 spiro atoms. The Balaban J connectivity index is 2.59. The van der Waals surface area contributed by atoms with Gasteiger partial charge in [-0.05, 0) is 17.7 Å². The summed E-state index contributed by atoms with van der Waals surface area (Å²) in [5.41, 5.74) is 5.98. The molecule has 1 rings (SSSR count). The van der Waals surface area contributed by atoms with Gasteiger partial charge in [-0.3, -0.25) is 9.59 Å². The average molecular weight is 298 g/mol. The lowest BCUT2D eigenvalue weighted by Crippen LogP contribution is -2.46. The molecule has 1 aromatic carbocycles. The van der Waals surface area contributed by atoms with Crippen LogP contribution in [0.25, 0.3) is 0 Å². The molecule has 21 heavy (non-hydrogen) atoms. The maximum absolute atomic E-state index is 11.3. The zero-order valence-corrected chi connectivity index (χ0v) is 11.6. The molecule has 2 amide bonds. The molecule has 0 radical (unpaired) electrons. The number of amides is 2. The van der Waals surface area contributed by atoms with Gasteiger partial charge >= 0.3 is 0 Å². The van der Waals surface area contributed by atoms with Crippen LogP contribution in [0, 0.1) is 0 Å². The molecule has 0 bridgehead atoms. The highest BCUT2D eigenvalue weighted by Gasteiger charge is 2.18. The predicted molar refractivity (Wildman–Crippen MR) is 71.9 cm³/mol. The molecule has 1 unspecified atom stereocenters. The van der Waals surface area contributed by atoms with Gasteiger partial charge < -0.3 is 20.9 Å². The van der Waals surface area contributed by atoms with Gasteiger partial charge in [-0.25, -0.2) is 4.89 Å². The molecule has 0 aliphatic rings. The molecule has 0 aliphatic heterocycles. The zero-order valence-electron chi connectivity index (χ0n) is 11.6. The summed E-state index contributed by atoms with van der Waals surface area (Å²) in [6.07, 6.45) is 0.218. The van der Waals surface area contributed by atoms with Crippen molar-refractivity contribution in [2.45, 2.75) is 12.5 Å². The minimum atomic E-state index is -0.881. The van der Waals surface area contributed by atoms with Gasteiger partial charge in [0.2, 0.25) is 18.6 Å². The number of carbonyl (C=O) groups excluding carboxylic acids is 2. The van der Waals surface area contributed by atoms with Crippen molar-refractivity contribution in [3.8, 4) is 5.75 Å². The van der Waals surface area contributed by atoms with Gasteiger partial charge in [0.25, 0.3) is 0 Å². The third-order valence-corrected chi connectivity index (χ3v) is 2.58. The highest BCUT2D eigenvalue weighted by Crippen LogP contribution is 2.13. The fourth-order valence-electron chi connectivity index (χ4n) is 1.56. The van der Waals surface area contributed by atoms with E-state index < -0.39 is 24.5 Å². The van der Waals surface area contributed by atoms with Crippen LogP contribution < -0.4 is 15.8 Å². The second-order valence-corrected chi connectivity index (χ2v) is 4.08. The summed E-state index contributed by atoms with van der Waals surface area (Å²) in [5, 5.41) is 11.0. The molecule has 116 valence electrons. The first kappa shape index (κ1) is 16.9. The number of hydrogen-bond acceptors (Lipinski definition) is 6. The number of primary amides is 1. The topological polar surface area (TPSA) is 120 Å². The molecular weight excluding hydrogens is 280 g/mol. The van der Waals surface area contributed by atoms with Crippen LogP contribution in [0.2, 0.25) is 0 Å². The molecule has 8 heteroatoms. The molecular formula is C13H18N2O6. The lowest BCUT2D eigenvalue weighted by atomic mass is 10.1. The fourth-order valence-corrected chi connectivity index (χ4v) is 1.56. The van der Waals surface area contributed by atoms with Crippen LogP contribution in [0.1, 0.15) is 5.56 Å². The smallest absolute Gasteiger partial charge is 0.246 e. The fraction of sp³-hybridized carbons (Fsp3) is 0.385. The number of aliphatic hydroxyl groups is 1. The van der Waals surface area contributed by atoms with Crippen LogP contribution in [0.3, 0.4) is 0 Å². The molecule has 0 saturated carbocycles. The monoisotopic (exact) mass is 298 g/mol. The van der Waals surface area contributed by atoms with Crippen LogP contribution in [0.15, 0.2) is 24.3 Å². The van der Waals surface area contributed by atoms with Crippen molar-refractivity contribution in [2.24, 2.45) is 5.73 Å². The predicted octanol–water partition coefficient (Wildman–Crippen LogP) is -0.894. The van der Waals surface area contributed by atoms with E-state index in [1.54, 1.807) is 24.3 Å². The third-order valence-electron chi connectivity index (χ3n) is 2.58. The van der Waals surface area contributed by atoms with Crippen molar-refractivity contribution in [1.29, 1.82) is 0 Å². The highest BCUT2D eigenvalue weighted by atomic mass is 17.2. The minimum absolute atomic E-state index is 0.0493. The number of nitrogens with two attached hydrogens (primary N) is 1. The molecule has 0 aromatic heterocycles. The summed E-state index contributed by atoms with van der Waals surface area (Å²) in [6.45, 7) is -0.748. The Hall–Kier alpha value is -2.16. The minimum Gasteiger partial charge on any atom is -0.465 e. The van der Waals surface area contributed by atoms with Gasteiger partial charge in [0.1, 0.15) is 18.4 Å². The quantitative estimate of drug-likeness (QED) is 0.235. The molecule has 4 N–H and O–H groups in total. The van der Waals surface area contributed by atoms with Crippen molar-refractivity contribution >= 4 is 11.8 Å². The third kappa shape index (κ3) is 6.21. The van der Waals surface area contributed by atoms with Crippen LogP contribution in [-0.4, -0.2) is 43.5 Å². The number of benzene rings is 1. The normalized spacial score (nSPS) is 11.7. The Kier molecular flexibility index (Phi) is 7.16. The average Bonchev–Trinajstić information content (AvgIpc) is 2.48.